The number of hydrogen-bond acceptors (Lipinski definition) is 5. The summed E-state index contributed by atoms with van der Waals surface area (Å²) in [6.45, 7) is 4.67. The number of amides is 1. The van der Waals surface area contributed by atoms with E-state index in [-0.39, 0.29) is 12.5 Å². The highest BCUT2D eigenvalue weighted by Crippen LogP contribution is 2.29. The van der Waals surface area contributed by atoms with Crippen molar-refractivity contribution in [3.8, 4) is 0 Å². The number of fused-ring (bicyclic) bond motifs is 1. The third-order valence-electron chi connectivity index (χ3n) is 5.22. The van der Waals surface area contributed by atoms with Crippen LogP contribution in [0.3, 0.4) is 0 Å². The first-order chi connectivity index (χ1) is 15.1. The number of anilines is 2. The molecule has 0 unspecified atom stereocenters. The second-order valence-corrected chi connectivity index (χ2v) is 8.00. The maximum absolute atomic E-state index is 13.1. The molecule has 31 heavy (non-hydrogen) atoms. The van der Waals surface area contributed by atoms with Crippen molar-refractivity contribution < 1.29 is 19.1 Å². The zero-order valence-corrected chi connectivity index (χ0v) is 18.8. The molecular formula is C24H23BrN2O4. The standard InChI is InChI=1S/C24H23BrN2O4/c1-2-31-24(29)20-15-16(9-10-22(20)27-11-13-30-14-12-27)26-23(28)19-7-3-6-18-17(19)5-4-8-21(18)25/h3-10,15H,2,11-14H2,1H3,(H,26,28). The zero-order valence-electron chi connectivity index (χ0n) is 17.2. The van der Waals surface area contributed by atoms with Crippen LogP contribution in [0.1, 0.15) is 27.6 Å². The summed E-state index contributed by atoms with van der Waals surface area (Å²) in [5.74, 6) is -0.646. The lowest BCUT2D eigenvalue weighted by Crippen LogP contribution is -2.37. The van der Waals surface area contributed by atoms with Gasteiger partial charge in [0.15, 0.2) is 0 Å². The Hall–Kier alpha value is -2.90. The lowest BCUT2D eigenvalue weighted by atomic mass is 10.0. The molecule has 4 rings (SSSR count). The van der Waals surface area contributed by atoms with Gasteiger partial charge in [0.05, 0.1) is 31.1 Å². The summed E-state index contributed by atoms with van der Waals surface area (Å²) in [6, 6.07) is 16.7. The van der Waals surface area contributed by atoms with Crippen LogP contribution >= 0.6 is 15.9 Å². The summed E-state index contributed by atoms with van der Waals surface area (Å²) in [7, 11) is 0. The number of morpholine rings is 1. The molecular weight excluding hydrogens is 460 g/mol. The minimum absolute atomic E-state index is 0.238. The highest BCUT2D eigenvalue weighted by atomic mass is 79.9. The fourth-order valence-corrected chi connectivity index (χ4v) is 4.23. The number of rotatable bonds is 5. The number of benzene rings is 3. The highest BCUT2D eigenvalue weighted by Gasteiger charge is 2.21. The van der Waals surface area contributed by atoms with Gasteiger partial charge in [-0.15, -0.1) is 0 Å². The Bertz CT molecular complexity index is 1130. The van der Waals surface area contributed by atoms with Crippen LogP contribution in [0, 0.1) is 0 Å². The monoisotopic (exact) mass is 482 g/mol. The van der Waals surface area contributed by atoms with Gasteiger partial charge in [0.1, 0.15) is 0 Å². The summed E-state index contributed by atoms with van der Waals surface area (Å²) in [5, 5.41) is 4.75. The van der Waals surface area contributed by atoms with Crippen LogP contribution in [-0.2, 0) is 9.47 Å². The van der Waals surface area contributed by atoms with Crippen molar-refractivity contribution in [3.63, 3.8) is 0 Å². The number of ether oxygens (including phenoxy) is 2. The fourth-order valence-electron chi connectivity index (χ4n) is 3.73. The Morgan fingerprint density at radius 2 is 1.77 bits per heavy atom. The first-order valence-corrected chi connectivity index (χ1v) is 11.0. The molecule has 1 fully saturated rings. The van der Waals surface area contributed by atoms with Crippen LogP contribution in [0.4, 0.5) is 11.4 Å². The van der Waals surface area contributed by atoms with Crippen LogP contribution in [0.15, 0.2) is 59.1 Å². The Kier molecular flexibility index (Phi) is 6.53. The van der Waals surface area contributed by atoms with E-state index in [9.17, 15) is 9.59 Å². The molecule has 1 amide bonds. The molecule has 160 valence electrons. The highest BCUT2D eigenvalue weighted by molar-refractivity contribution is 9.10. The number of nitrogens with zero attached hydrogens (tertiary/aromatic N) is 1. The van der Waals surface area contributed by atoms with E-state index < -0.39 is 5.97 Å². The predicted molar refractivity (Wildman–Crippen MR) is 125 cm³/mol. The predicted octanol–water partition coefficient (Wildman–Crippen LogP) is 4.87. The van der Waals surface area contributed by atoms with Gasteiger partial charge in [0, 0.05) is 28.8 Å². The SMILES string of the molecule is CCOC(=O)c1cc(NC(=O)c2cccc3c(Br)cccc23)ccc1N1CCOCC1. The summed E-state index contributed by atoms with van der Waals surface area (Å²) < 4.78 is 11.6. The summed E-state index contributed by atoms with van der Waals surface area (Å²) in [5.41, 5.74) is 2.32. The van der Waals surface area contributed by atoms with Gasteiger partial charge in [-0.2, -0.15) is 0 Å². The Labute approximate surface area is 189 Å². The fraction of sp³-hybridized carbons (Fsp3) is 0.250. The van der Waals surface area contributed by atoms with Crippen LogP contribution in [0.5, 0.6) is 0 Å². The second kappa shape index (κ2) is 9.49. The zero-order chi connectivity index (χ0) is 21.8. The van der Waals surface area contributed by atoms with Gasteiger partial charge >= 0.3 is 5.97 Å². The molecule has 0 radical (unpaired) electrons. The summed E-state index contributed by atoms with van der Waals surface area (Å²) in [6.07, 6.45) is 0. The second-order valence-electron chi connectivity index (χ2n) is 7.15. The van der Waals surface area contributed by atoms with Gasteiger partial charge in [-0.05, 0) is 48.0 Å². The van der Waals surface area contributed by atoms with Crippen molar-refractivity contribution in [2.45, 2.75) is 6.92 Å². The molecule has 1 aliphatic rings. The van der Waals surface area contributed by atoms with E-state index in [1.807, 2.05) is 42.5 Å². The Balaban J connectivity index is 1.65. The third kappa shape index (κ3) is 4.57. The molecule has 0 bridgehead atoms. The molecule has 1 N–H and O–H groups in total. The molecule has 0 spiro atoms. The smallest absolute Gasteiger partial charge is 0.340 e. The molecule has 7 heteroatoms. The maximum Gasteiger partial charge on any atom is 0.340 e. The molecule has 3 aromatic carbocycles. The van der Waals surface area contributed by atoms with Crippen LogP contribution in [0.2, 0.25) is 0 Å². The first-order valence-electron chi connectivity index (χ1n) is 10.2. The third-order valence-corrected chi connectivity index (χ3v) is 5.91. The topological polar surface area (TPSA) is 67.9 Å². The molecule has 1 saturated heterocycles. The number of hydrogen-bond donors (Lipinski definition) is 1. The van der Waals surface area contributed by atoms with Crippen molar-refractivity contribution in [2.75, 3.05) is 43.1 Å². The largest absolute Gasteiger partial charge is 0.462 e. The van der Waals surface area contributed by atoms with Gasteiger partial charge < -0.3 is 19.7 Å². The van der Waals surface area contributed by atoms with Gasteiger partial charge in [-0.25, -0.2) is 4.79 Å². The van der Waals surface area contributed by atoms with Crippen LogP contribution in [0.25, 0.3) is 10.8 Å². The number of esters is 1. The van der Waals surface area contributed by atoms with Crippen molar-refractivity contribution in [1.82, 2.24) is 0 Å². The lowest BCUT2D eigenvalue weighted by molar-refractivity contribution is 0.0526. The van der Waals surface area contributed by atoms with Crippen molar-refractivity contribution >= 4 is 50.0 Å². The van der Waals surface area contributed by atoms with E-state index in [4.69, 9.17) is 9.47 Å². The summed E-state index contributed by atoms with van der Waals surface area (Å²) >= 11 is 3.54. The van der Waals surface area contributed by atoms with E-state index in [1.165, 1.54) is 0 Å². The van der Waals surface area contributed by atoms with Crippen LogP contribution < -0.4 is 10.2 Å². The Morgan fingerprint density at radius 3 is 2.55 bits per heavy atom. The average Bonchev–Trinajstić information content (AvgIpc) is 2.79. The number of carbonyl (C=O) groups excluding carboxylic acids is 2. The van der Waals surface area contributed by atoms with Crippen molar-refractivity contribution in [2.24, 2.45) is 0 Å². The van der Waals surface area contributed by atoms with Crippen molar-refractivity contribution in [3.05, 3.63) is 70.2 Å². The van der Waals surface area contributed by atoms with E-state index >= 15 is 0 Å². The maximum atomic E-state index is 13.1. The molecule has 3 aromatic rings. The normalized spacial score (nSPS) is 13.8. The van der Waals surface area contributed by atoms with E-state index in [0.717, 1.165) is 20.9 Å². The minimum atomic E-state index is -0.408. The number of halogens is 1. The van der Waals surface area contributed by atoms with Gasteiger partial charge in [0.25, 0.3) is 5.91 Å². The molecule has 0 saturated carbocycles. The molecule has 1 heterocycles. The van der Waals surface area contributed by atoms with Crippen LogP contribution in [-0.4, -0.2) is 44.8 Å². The first kappa shape index (κ1) is 21.3. The molecule has 6 nitrogen and oxygen atoms in total. The number of nitrogens with one attached hydrogen (secondary N) is 1. The quantitative estimate of drug-likeness (QED) is 0.525. The molecule has 0 aliphatic carbocycles. The molecule has 0 aromatic heterocycles. The van der Waals surface area contributed by atoms with Gasteiger partial charge in [-0.3, -0.25) is 4.79 Å². The van der Waals surface area contributed by atoms with E-state index in [1.54, 1.807) is 19.1 Å². The van der Waals surface area contributed by atoms with Crippen molar-refractivity contribution in [1.29, 1.82) is 0 Å². The molecule has 1 aliphatic heterocycles. The van der Waals surface area contributed by atoms with Gasteiger partial charge in [-0.1, -0.05) is 40.2 Å². The summed E-state index contributed by atoms with van der Waals surface area (Å²) in [4.78, 5) is 27.8. The number of carbonyl (C=O) groups is 2. The van der Waals surface area contributed by atoms with Gasteiger partial charge in [0.2, 0.25) is 0 Å². The minimum Gasteiger partial charge on any atom is -0.462 e. The van der Waals surface area contributed by atoms with E-state index in [0.29, 0.717) is 43.1 Å². The Morgan fingerprint density at radius 1 is 1.03 bits per heavy atom. The lowest BCUT2D eigenvalue weighted by Gasteiger charge is -2.30. The van der Waals surface area contributed by atoms with E-state index in [2.05, 4.69) is 26.1 Å². The average molecular weight is 483 g/mol. The molecule has 0 atom stereocenters.